The van der Waals surface area contributed by atoms with E-state index in [1.165, 1.54) is 43.9 Å². The van der Waals surface area contributed by atoms with Crippen molar-refractivity contribution in [1.29, 1.82) is 0 Å². The van der Waals surface area contributed by atoms with Gasteiger partial charge in [-0.3, -0.25) is 0 Å². The molecule has 9 nitrogen and oxygen atoms in total. The number of pyridine rings is 1. The number of benzene rings is 1. The molecule has 2 aromatic heterocycles. The van der Waals surface area contributed by atoms with Gasteiger partial charge in [-0.2, -0.15) is 22.0 Å². The number of nitrogens with zero attached hydrogens (tertiary/aromatic N) is 5. The lowest BCUT2D eigenvalue weighted by Gasteiger charge is -2.60. The first-order valence-corrected chi connectivity index (χ1v) is 20.6. The minimum absolute atomic E-state index is 0.0716. The zero-order valence-electron chi connectivity index (χ0n) is 32.1. The molecular weight excluding hydrogens is 719 g/mol. The first-order chi connectivity index (χ1) is 24.4. The number of carbonyl (C=O) groups is 1. The van der Waals surface area contributed by atoms with Crippen molar-refractivity contribution in [2.24, 2.45) is 5.41 Å². The maximum atomic E-state index is 16.3. The number of ether oxygens (including phenoxy) is 1. The van der Waals surface area contributed by atoms with Gasteiger partial charge >= 0.3 is 18.2 Å². The highest BCUT2D eigenvalue weighted by atomic mass is 28.4. The summed E-state index contributed by atoms with van der Waals surface area (Å²) in [6.07, 6.45) is -5.29. The number of aryl methyl sites for hydroxylation is 1. The Morgan fingerprint density at radius 2 is 1.57 bits per heavy atom. The maximum Gasteiger partial charge on any atom is 0.435 e. The molecule has 2 aliphatic rings. The van der Waals surface area contributed by atoms with Crippen LogP contribution < -0.4 is 10.2 Å². The summed E-state index contributed by atoms with van der Waals surface area (Å²) in [5.74, 6) is -4.64. The summed E-state index contributed by atoms with van der Waals surface area (Å²) in [4.78, 5) is 28.1. The third-order valence-electron chi connectivity index (χ3n) is 10.5. The highest BCUT2D eigenvalue weighted by Crippen LogP contribution is 2.48. The van der Waals surface area contributed by atoms with E-state index in [1.54, 1.807) is 32.6 Å². The number of halogens is 6. The van der Waals surface area contributed by atoms with Crippen molar-refractivity contribution in [2.75, 3.05) is 36.4 Å². The summed E-state index contributed by atoms with van der Waals surface area (Å²) in [5.41, 5.74) is -5.49. The average Bonchev–Trinajstić information content (AvgIpc) is 3.00. The van der Waals surface area contributed by atoms with Gasteiger partial charge in [0.2, 0.25) is 0 Å². The lowest BCUT2D eigenvalue weighted by molar-refractivity contribution is -0.161. The van der Waals surface area contributed by atoms with E-state index in [2.05, 4.69) is 20.3 Å². The third-order valence-corrected chi connectivity index (χ3v) is 15.3. The zero-order valence-corrected chi connectivity index (χ0v) is 33.1. The Morgan fingerprint density at radius 3 is 2.11 bits per heavy atom. The minimum atomic E-state index is -4.81. The number of aromatic nitrogens is 3. The van der Waals surface area contributed by atoms with Gasteiger partial charge in [0.15, 0.2) is 19.7 Å². The summed E-state index contributed by atoms with van der Waals surface area (Å²) in [6.45, 7) is 17.9. The lowest BCUT2D eigenvalue weighted by Crippen LogP contribution is -2.73. The van der Waals surface area contributed by atoms with E-state index >= 15 is 13.2 Å². The van der Waals surface area contributed by atoms with Crippen molar-refractivity contribution in [3.63, 3.8) is 0 Å². The van der Waals surface area contributed by atoms with Gasteiger partial charge in [0.1, 0.15) is 28.7 Å². The van der Waals surface area contributed by atoms with Crippen molar-refractivity contribution in [1.82, 2.24) is 19.9 Å². The van der Waals surface area contributed by atoms with Gasteiger partial charge in [0, 0.05) is 37.2 Å². The Kier molecular flexibility index (Phi) is 10.6. The third kappa shape index (κ3) is 7.80. The van der Waals surface area contributed by atoms with Crippen LogP contribution in [0.2, 0.25) is 18.1 Å². The van der Waals surface area contributed by atoms with Gasteiger partial charge in [-0.15, -0.1) is 0 Å². The number of amides is 1. The number of hydrogen-bond donors (Lipinski definition) is 1. The molecule has 2 saturated heterocycles. The van der Waals surface area contributed by atoms with Crippen molar-refractivity contribution in [2.45, 2.75) is 117 Å². The number of carbonyl (C=O) groups excluding carboxylic acids is 1. The monoisotopic (exact) mass is 768 g/mol. The smallest absolute Gasteiger partial charge is 0.435 e. The fourth-order valence-corrected chi connectivity index (χ4v) is 10.5. The van der Waals surface area contributed by atoms with Crippen LogP contribution in [-0.4, -0.2) is 71.6 Å². The van der Waals surface area contributed by atoms with Crippen LogP contribution in [0.3, 0.4) is 0 Å². The highest BCUT2D eigenvalue weighted by molar-refractivity contribution is 6.73. The van der Waals surface area contributed by atoms with E-state index in [0.717, 1.165) is 6.07 Å². The molecule has 0 unspecified atom stereocenters. The molecule has 0 saturated carbocycles. The molecule has 0 bridgehead atoms. The molecule has 292 valence electrons. The summed E-state index contributed by atoms with van der Waals surface area (Å²) >= 11 is 0. The number of likely N-dealkylation sites (tertiary alicyclic amines) is 1. The second kappa shape index (κ2) is 13.9. The summed E-state index contributed by atoms with van der Waals surface area (Å²) in [7, 11) is -2.51. The molecule has 1 amide bonds. The number of alkyl halides is 5. The molecule has 2 fully saturated rings. The molecule has 4 heterocycles. The molecule has 1 atom stereocenters. The van der Waals surface area contributed by atoms with E-state index in [0.29, 0.717) is 31.2 Å². The number of nitrogens with one attached hydrogen (secondary N) is 1. The van der Waals surface area contributed by atoms with Gasteiger partial charge < -0.3 is 24.3 Å². The quantitative estimate of drug-likeness (QED) is 0.152. The molecule has 1 aromatic carbocycles. The molecular formula is C37H50F6N6O3Si. The Balaban J connectivity index is 1.44. The number of fused-ring (bicyclic) bond motifs is 1. The van der Waals surface area contributed by atoms with Gasteiger partial charge in [0.25, 0.3) is 0 Å². The van der Waals surface area contributed by atoms with Crippen LogP contribution in [0.15, 0.2) is 24.3 Å². The highest BCUT2D eigenvalue weighted by Gasteiger charge is 2.56. The number of rotatable bonds is 11. The minimum Gasteiger partial charge on any atom is -0.444 e. The normalized spacial score (nSPS) is 17.1. The topological polar surface area (TPSA) is 92.7 Å². The van der Waals surface area contributed by atoms with Crippen LogP contribution >= 0.6 is 0 Å². The first kappa shape index (κ1) is 40.5. The SMILES string of the molecule is CC[Si](CC)(CC)OC(C)(C)C(F)(F)c1cccc([C@@H](C)Nc2nc(C)nc3nc(C(F)(F)F)c(N4CC5(CN(C(=O)OC(C)(C)C)C5)C4)cc23)c1F. The Bertz CT molecular complexity index is 1840. The molecule has 0 aliphatic carbocycles. The number of anilines is 2. The van der Waals surface area contributed by atoms with Crippen LogP contribution in [0.4, 0.5) is 42.6 Å². The summed E-state index contributed by atoms with van der Waals surface area (Å²) in [6, 6.07) is 6.06. The van der Waals surface area contributed by atoms with Crippen molar-refractivity contribution < 1.29 is 40.3 Å². The molecule has 3 aromatic rings. The fraction of sp³-hybridized carbons (Fsp3) is 0.622. The predicted molar refractivity (Wildman–Crippen MR) is 194 cm³/mol. The molecule has 1 spiro atoms. The van der Waals surface area contributed by atoms with Gasteiger partial charge in [-0.1, -0.05) is 32.9 Å². The van der Waals surface area contributed by atoms with Crippen molar-refractivity contribution >= 4 is 36.9 Å². The summed E-state index contributed by atoms with van der Waals surface area (Å²) < 4.78 is 104. The van der Waals surface area contributed by atoms with E-state index < -0.39 is 60.8 Å². The molecule has 0 radical (unpaired) electrons. The van der Waals surface area contributed by atoms with Gasteiger partial charge in [-0.05, 0) is 78.7 Å². The van der Waals surface area contributed by atoms with Gasteiger partial charge in [-0.25, -0.2) is 24.1 Å². The van der Waals surface area contributed by atoms with Crippen LogP contribution in [-0.2, 0) is 21.3 Å². The second-order valence-corrected chi connectivity index (χ2v) is 20.7. The zero-order chi connectivity index (χ0) is 39.5. The Labute approximate surface area is 308 Å². The van der Waals surface area contributed by atoms with Crippen molar-refractivity contribution in [3.8, 4) is 0 Å². The standard InChI is InChI=1S/C37H50F6N6O3Si/c1-11-53(12-2,13-3)52-34(9,10)36(39,40)26-16-14-15-24(28(26)38)22(4)44-30-25-17-27(29(37(41,42)43)47-31(25)46-23(5)45-30)48-18-35(19-48)20-49(21-35)32(50)51-33(6,7)8/h14-17,22H,11-13,18-21H2,1-10H3,(H,44,45,46,47)/t22-/m1/s1. The molecule has 16 heteroatoms. The molecule has 53 heavy (non-hydrogen) atoms. The largest absolute Gasteiger partial charge is 0.444 e. The van der Waals surface area contributed by atoms with E-state index in [-0.39, 0.29) is 52.4 Å². The van der Waals surface area contributed by atoms with Gasteiger partial charge in [0.05, 0.1) is 22.7 Å². The fourth-order valence-electron chi connectivity index (χ4n) is 7.37. The molecule has 2 aliphatic heterocycles. The maximum absolute atomic E-state index is 16.3. The van der Waals surface area contributed by atoms with Crippen molar-refractivity contribution in [3.05, 3.63) is 52.7 Å². The first-order valence-electron chi connectivity index (χ1n) is 18.0. The van der Waals surface area contributed by atoms with E-state index in [1.807, 2.05) is 20.8 Å². The van der Waals surface area contributed by atoms with Crippen LogP contribution in [0.1, 0.15) is 91.0 Å². The molecule has 5 rings (SSSR count). The predicted octanol–water partition coefficient (Wildman–Crippen LogP) is 9.61. The second-order valence-electron chi connectivity index (χ2n) is 16.0. The van der Waals surface area contributed by atoms with E-state index in [9.17, 15) is 18.0 Å². The van der Waals surface area contributed by atoms with Crippen LogP contribution in [0.5, 0.6) is 0 Å². The Morgan fingerprint density at radius 1 is 0.962 bits per heavy atom. The van der Waals surface area contributed by atoms with E-state index in [4.69, 9.17) is 9.16 Å². The average molecular weight is 769 g/mol. The lowest BCUT2D eigenvalue weighted by atomic mass is 9.72. The molecule has 1 N–H and O–H groups in total. The summed E-state index contributed by atoms with van der Waals surface area (Å²) in [5, 5.41) is 3.19. The number of hydrogen-bond acceptors (Lipinski definition) is 8. The van der Waals surface area contributed by atoms with Crippen LogP contribution in [0.25, 0.3) is 11.0 Å². The van der Waals surface area contributed by atoms with Crippen LogP contribution in [0, 0.1) is 18.2 Å². The Hall–Kier alpha value is -3.66.